The first-order chi connectivity index (χ1) is 29.7. The Hall–Kier alpha value is -7.73. The van der Waals surface area contributed by atoms with E-state index in [2.05, 4.69) is 187 Å². The van der Waals surface area contributed by atoms with Gasteiger partial charge in [-0.15, -0.1) is 11.3 Å². The van der Waals surface area contributed by atoms with Crippen molar-refractivity contribution in [1.82, 2.24) is 19.5 Å². The molecule has 0 saturated heterocycles. The van der Waals surface area contributed by atoms with Gasteiger partial charge in [0.1, 0.15) is 0 Å². The Kier molecular flexibility index (Phi) is 8.00. The minimum atomic E-state index is 0.569. The first-order valence-electron chi connectivity index (χ1n) is 20.2. The highest BCUT2D eigenvalue weighted by molar-refractivity contribution is 7.26. The second-order valence-corrected chi connectivity index (χ2v) is 16.2. The van der Waals surface area contributed by atoms with Crippen molar-refractivity contribution < 1.29 is 0 Å². The molecule has 0 bridgehead atoms. The molecule has 0 radical (unpaired) electrons. The Labute approximate surface area is 350 Å². The lowest BCUT2D eigenvalue weighted by Gasteiger charge is -2.14. The van der Waals surface area contributed by atoms with Crippen molar-refractivity contribution in [2.75, 3.05) is 0 Å². The lowest BCUT2D eigenvalue weighted by Crippen LogP contribution is -2.07. The third kappa shape index (κ3) is 5.63. The molecule has 0 N–H and O–H groups in total. The Morgan fingerprint density at radius 3 is 1.70 bits per heavy atom. The number of para-hydroxylation sites is 1. The molecule has 280 valence electrons. The van der Waals surface area contributed by atoms with Crippen LogP contribution in [0.25, 0.3) is 115 Å². The number of hydrogen-bond acceptors (Lipinski definition) is 4. The maximum Gasteiger partial charge on any atom is 0.238 e. The SMILES string of the molecule is c1ccc(-c2ccc(-c3nc(-c4ccccc4)nc(-n4c5ccc6ccccc6c5c5cccc(-c6cccc(-c7cccc8c7sc7ccccc78)c6)c54)n3)cc2)cc1. The van der Waals surface area contributed by atoms with Crippen molar-refractivity contribution in [3.05, 3.63) is 206 Å². The number of nitrogens with zero attached hydrogens (tertiary/aromatic N) is 4. The fourth-order valence-electron chi connectivity index (χ4n) is 8.86. The molecule has 5 heteroatoms. The molecule has 0 aliphatic heterocycles. The van der Waals surface area contributed by atoms with Crippen molar-refractivity contribution in [2.24, 2.45) is 0 Å². The summed E-state index contributed by atoms with van der Waals surface area (Å²) < 4.78 is 4.87. The summed E-state index contributed by atoms with van der Waals surface area (Å²) in [5, 5.41) is 7.29. The van der Waals surface area contributed by atoms with Gasteiger partial charge < -0.3 is 0 Å². The van der Waals surface area contributed by atoms with E-state index in [9.17, 15) is 0 Å². The topological polar surface area (TPSA) is 43.6 Å². The number of rotatable bonds is 6. The molecule has 60 heavy (non-hydrogen) atoms. The van der Waals surface area contributed by atoms with Gasteiger partial charge in [-0.2, -0.15) is 9.97 Å². The van der Waals surface area contributed by atoms with Crippen LogP contribution >= 0.6 is 11.3 Å². The van der Waals surface area contributed by atoms with E-state index < -0.39 is 0 Å². The molecule has 0 unspecified atom stereocenters. The smallest absolute Gasteiger partial charge is 0.238 e. The predicted octanol–water partition coefficient (Wildman–Crippen LogP) is 14.8. The monoisotopic (exact) mass is 782 g/mol. The highest BCUT2D eigenvalue weighted by atomic mass is 32.1. The summed E-state index contributed by atoms with van der Waals surface area (Å²) in [7, 11) is 0. The number of aromatic nitrogens is 4. The normalized spacial score (nSPS) is 11.7. The van der Waals surface area contributed by atoms with Gasteiger partial charge >= 0.3 is 0 Å². The van der Waals surface area contributed by atoms with E-state index in [1.165, 1.54) is 53.0 Å². The molecule has 9 aromatic carbocycles. The van der Waals surface area contributed by atoms with Gasteiger partial charge in [0.2, 0.25) is 5.95 Å². The van der Waals surface area contributed by atoms with Crippen LogP contribution in [0, 0.1) is 0 Å². The molecule has 0 saturated carbocycles. The molecule has 3 heterocycles. The van der Waals surface area contributed by atoms with Crippen LogP contribution in [0.4, 0.5) is 0 Å². The first kappa shape index (κ1) is 34.3. The van der Waals surface area contributed by atoms with Crippen LogP contribution < -0.4 is 0 Å². The van der Waals surface area contributed by atoms with E-state index in [1.54, 1.807) is 0 Å². The molecular weight excluding hydrogens is 749 g/mol. The summed E-state index contributed by atoms with van der Waals surface area (Å²) in [6, 6.07) is 73.3. The van der Waals surface area contributed by atoms with Crippen molar-refractivity contribution in [3.63, 3.8) is 0 Å². The molecule has 0 amide bonds. The van der Waals surface area contributed by atoms with E-state index in [0.717, 1.165) is 44.2 Å². The molecular formula is C55H34N4S. The molecule has 0 aliphatic rings. The lowest BCUT2D eigenvalue weighted by atomic mass is 9.96. The van der Waals surface area contributed by atoms with Crippen LogP contribution in [0.3, 0.4) is 0 Å². The van der Waals surface area contributed by atoms with E-state index in [4.69, 9.17) is 15.0 Å². The van der Waals surface area contributed by atoms with Gasteiger partial charge in [0, 0.05) is 47.6 Å². The summed E-state index contributed by atoms with van der Waals surface area (Å²) in [6.07, 6.45) is 0. The average Bonchev–Trinajstić information content (AvgIpc) is 3.89. The molecule has 0 fully saturated rings. The second-order valence-electron chi connectivity index (χ2n) is 15.2. The second kappa shape index (κ2) is 14.0. The third-order valence-corrected chi connectivity index (χ3v) is 12.9. The van der Waals surface area contributed by atoms with Crippen molar-refractivity contribution in [3.8, 4) is 62.1 Å². The Balaban J connectivity index is 1.11. The number of hydrogen-bond donors (Lipinski definition) is 0. The number of thiophene rings is 1. The Morgan fingerprint density at radius 2 is 0.917 bits per heavy atom. The van der Waals surface area contributed by atoms with Gasteiger partial charge in [-0.3, -0.25) is 4.57 Å². The zero-order valence-corrected chi connectivity index (χ0v) is 33.1. The molecule has 4 nitrogen and oxygen atoms in total. The average molecular weight is 783 g/mol. The van der Waals surface area contributed by atoms with Crippen LogP contribution in [-0.2, 0) is 0 Å². The van der Waals surface area contributed by atoms with Gasteiger partial charge in [-0.05, 0) is 56.8 Å². The summed E-state index contributed by atoms with van der Waals surface area (Å²) in [6.45, 7) is 0. The van der Waals surface area contributed by atoms with E-state index in [-0.39, 0.29) is 0 Å². The van der Waals surface area contributed by atoms with Crippen molar-refractivity contribution in [2.45, 2.75) is 0 Å². The molecule has 0 atom stereocenters. The van der Waals surface area contributed by atoms with E-state index >= 15 is 0 Å². The minimum absolute atomic E-state index is 0.569. The van der Waals surface area contributed by atoms with Crippen LogP contribution in [0.15, 0.2) is 206 Å². The largest absolute Gasteiger partial charge is 0.277 e. The van der Waals surface area contributed by atoms with Gasteiger partial charge in [0.15, 0.2) is 11.6 Å². The lowest BCUT2D eigenvalue weighted by molar-refractivity contribution is 0.954. The zero-order chi connectivity index (χ0) is 39.6. The summed E-state index contributed by atoms with van der Waals surface area (Å²) in [5.74, 6) is 1.81. The summed E-state index contributed by atoms with van der Waals surface area (Å²) in [5.41, 5.74) is 10.9. The highest BCUT2D eigenvalue weighted by Gasteiger charge is 2.22. The summed E-state index contributed by atoms with van der Waals surface area (Å²) in [4.78, 5) is 15.8. The molecule has 12 rings (SSSR count). The Bertz CT molecular complexity index is 3590. The minimum Gasteiger partial charge on any atom is -0.277 e. The molecule has 0 aliphatic carbocycles. The van der Waals surface area contributed by atoms with Gasteiger partial charge in [-0.1, -0.05) is 188 Å². The Morgan fingerprint density at radius 1 is 0.367 bits per heavy atom. The molecule has 3 aromatic heterocycles. The maximum absolute atomic E-state index is 5.35. The number of benzene rings is 9. The predicted molar refractivity (Wildman–Crippen MR) is 252 cm³/mol. The third-order valence-electron chi connectivity index (χ3n) is 11.7. The van der Waals surface area contributed by atoms with E-state index in [0.29, 0.717) is 17.6 Å². The summed E-state index contributed by atoms with van der Waals surface area (Å²) >= 11 is 1.86. The van der Waals surface area contributed by atoms with Gasteiger partial charge in [0.25, 0.3) is 0 Å². The maximum atomic E-state index is 5.35. The fourth-order valence-corrected chi connectivity index (χ4v) is 10.1. The van der Waals surface area contributed by atoms with Crippen LogP contribution in [-0.4, -0.2) is 19.5 Å². The van der Waals surface area contributed by atoms with Crippen LogP contribution in [0.2, 0.25) is 0 Å². The molecule has 0 spiro atoms. The van der Waals surface area contributed by atoms with Gasteiger partial charge in [0.05, 0.1) is 11.0 Å². The highest BCUT2D eigenvalue weighted by Crippen LogP contribution is 2.44. The van der Waals surface area contributed by atoms with Crippen molar-refractivity contribution in [1.29, 1.82) is 0 Å². The fraction of sp³-hybridized carbons (Fsp3) is 0. The standard InChI is InChI=1S/C55H34N4S/c1-3-14-35(15-4-1)36-28-30-39(31-29-36)54-56-53(38-17-5-2-6-18-38)57-55(58-54)59-48-33-32-37-16-7-8-21-42(37)50(48)47-26-12-23-43(51(47)59)40-19-11-20-41(34-40)44-24-13-25-46-45-22-9-10-27-49(45)60-52(44)46/h1-34H. The molecule has 12 aromatic rings. The van der Waals surface area contributed by atoms with Crippen LogP contribution in [0.5, 0.6) is 0 Å². The van der Waals surface area contributed by atoms with Crippen LogP contribution in [0.1, 0.15) is 0 Å². The van der Waals surface area contributed by atoms with Crippen molar-refractivity contribution >= 4 is 64.1 Å². The number of fused-ring (bicyclic) bond motifs is 8. The van der Waals surface area contributed by atoms with E-state index in [1.807, 2.05) is 35.6 Å². The zero-order valence-electron chi connectivity index (χ0n) is 32.3. The first-order valence-corrected chi connectivity index (χ1v) is 21.0. The quantitative estimate of drug-likeness (QED) is 0.169. The van der Waals surface area contributed by atoms with Gasteiger partial charge in [-0.25, -0.2) is 4.98 Å².